The van der Waals surface area contributed by atoms with Crippen molar-refractivity contribution in [2.75, 3.05) is 6.61 Å². The van der Waals surface area contributed by atoms with Crippen molar-refractivity contribution in [3.63, 3.8) is 0 Å². The van der Waals surface area contributed by atoms with Crippen molar-refractivity contribution in [2.24, 2.45) is 0 Å². The fourth-order valence-electron chi connectivity index (χ4n) is 2.35. The van der Waals surface area contributed by atoms with Crippen LogP contribution in [-0.2, 0) is 0 Å². The molecule has 0 saturated heterocycles. The van der Waals surface area contributed by atoms with Gasteiger partial charge in [0.15, 0.2) is 11.5 Å². The van der Waals surface area contributed by atoms with E-state index in [2.05, 4.69) is 27.0 Å². The number of ether oxygens (including phenoxy) is 1. The Bertz CT molecular complexity index is 988. The first kappa shape index (κ1) is 18.2. The maximum Gasteiger partial charge on any atom is 0.161 e. The minimum absolute atomic E-state index is 0.0780. The van der Waals surface area contributed by atoms with E-state index in [4.69, 9.17) is 4.74 Å². The van der Waals surface area contributed by atoms with Crippen molar-refractivity contribution < 1.29 is 9.84 Å². The summed E-state index contributed by atoms with van der Waals surface area (Å²) >= 11 is 4.84. The molecule has 3 rings (SSSR count). The Hall–Kier alpha value is -2.62. The number of benzene rings is 2. The topological polar surface area (TPSA) is 66.1 Å². The molecule has 26 heavy (non-hydrogen) atoms. The lowest BCUT2D eigenvalue weighted by Crippen LogP contribution is -1.92. The number of allylic oxidation sites excluding steroid dienone is 1. The first-order valence-electron chi connectivity index (χ1n) is 7.90. The van der Waals surface area contributed by atoms with Crippen LogP contribution < -0.4 is 4.74 Å². The minimum atomic E-state index is 0.0780. The third kappa shape index (κ3) is 4.13. The second-order valence-electron chi connectivity index (χ2n) is 5.37. The summed E-state index contributed by atoms with van der Waals surface area (Å²) < 4.78 is 6.40. The zero-order valence-corrected chi connectivity index (χ0v) is 16.3. The summed E-state index contributed by atoms with van der Waals surface area (Å²) in [5.41, 5.74) is 3.06. The second-order valence-corrected chi connectivity index (χ2v) is 7.15. The lowest BCUT2D eigenvalue weighted by molar-refractivity contribution is 0.318. The first-order valence-corrected chi connectivity index (χ1v) is 9.57. The lowest BCUT2D eigenvalue weighted by atomic mass is 10.1. The predicted molar refractivity (Wildman–Crippen MR) is 108 cm³/mol. The molecule has 0 spiro atoms. The summed E-state index contributed by atoms with van der Waals surface area (Å²) in [6.07, 6.45) is 1.74. The van der Waals surface area contributed by atoms with E-state index < -0.39 is 0 Å². The van der Waals surface area contributed by atoms with Gasteiger partial charge >= 0.3 is 0 Å². The highest BCUT2D eigenvalue weighted by atomic mass is 79.9. The highest BCUT2D eigenvalue weighted by Crippen LogP contribution is 2.31. The van der Waals surface area contributed by atoms with E-state index in [1.165, 1.54) is 11.3 Å². The van der Waals surface area contributed by atoms with Gasteiger partial charge in [0, 0.05) is 15.4 Å². The Labute approximate surface area is 164 Å². The van der Waals surface area contributed by atoms with Gasteiger partial charge in [-0.1, -0.05) is 34.1 Å². The van der Waals surface area contributed by atoms with Crippen molar-refractivity contribution in [1.82, 2.24) is 4.98 Å². The summed E-state index contributed by atoms with van der Waals surface area (Å²) in [6.45, 7) is 2.30. The third-order valence-corrected chi connectivity index (χ3v) is 4.99. The summed E-state index contributed by atoms with van der Waals surface area (Å²) in [7, 11) is 0. The SMILES string of the molecule is CCOc1cc(C=C(C#N)c2nc(-c3ccc(Br)cc3)cs2)ccc1O. The van der Waals surface area contributed by atoms with E-state index in [1.54, 1.807) is 24.3 Å². The van der Waals surface area contributed by atoms with E-state index in [0.29, 0.717) is 22.9 Å². The van der Waals surface area contributed by atoms with Crippen LogP contribution in [0.15, 0.2) is 52.3 Å². The van der Waals surface area contributed by atoms with E-state index in [-0.39, 0.29) is 5.75 Å². The monoisotopic (exact) mass is 426 g/mol. The van der Waals surface area contributed by atoms with Crippen LogP contribution in [0.3, 0.4) is 0 Å². The molecule has 0 radical (unpaired) electrons. The predicted octanol–water partition coefficient (Wildman–Crippen LogP) is 5.74. The largest absolute Gasteiger partial charge is 0.504 e. The second kappa shape index (κ2) is 8.17. The number of nitrogens with zero attached hydrogens (tertiary/aromatic N) is 2. The van der Waals surface area contributed by atoms with E-state index in [1.807, 2.05) is 36.6 Å². The van der Waals surface area contributed by atoms with Gasteiger partial charge in [-0.15, -0.1) is 11.3 Å². The molecule has 0 bridgehead atoms. The van der Waals surface area contributed by atoms with Crippen LogP contribution in [0.5, 0.6) is 11.5 Å². The lowest BCUT2D eigenvalue weighted by Gasteiger charge is -2.06. The maximum atomic E-state index is 9.80. The van der Waals surface area contributed by atoms with Crippen LogP contribution in [0.25, 0.3) is 22.9 Å². The van der Waals surface area contributed by atoms with Gasteiger partial charge in [0.1, 0.15) is 11.1 Å². The average molecular weight is 427 g/mol. The molecule has 2 aromatic carbocycles. The molecule has 0 unspecified atom stereocenters. The van der Waals surface area contributed by atoms with Gasteiger partial charge in [0.2, 0.25) is 0 Å². The van der Waals surface area contributed by atoms with E-state index >= 15 is 0 Å². The van der Waals surface area contributed by atoms with Gasteiger partial charge in [-0.3, -0.25) is 0 Å². The number of phenols is 1. The summed E-state index contributed by atoms with van der Waals surface area (Å²) in [5.74, 6) is 0.475. The van der Waals surface area contributed by atoms with Gasteiger partial charge in [-0.2, -0.15) is 5.26 Å². The number of aromatic nitrogens is 1. The molecular formula is C20H15BrN2O2S. The molecule has 6 heteroatoms. The van der Waals surface area contributed by atoms with Crippen LogP contribution in [0, 0.1) is 11.3 Å². The fraction of sp³-hybridized carbons (Fsp3) is 0.100. The fourth-order valence-corrected chi connectivity index (χ4v) is 3.41. The zero-order chi connectivity index (χ0) is 18.5. The van der Waals surface area contributed by atoms with Gasteiger partial charge in [0.25, 0.3) is 0 Å². The number of rotatable bonds is 5. The molecule has 0 saturated carbocycles. The molecule has 3 aromatic rings. The number of thiazole rings is 1. The molecule has 0 aliphatic carbocycles. The molecule has 0 amide bonds. The van der Waals surface area contributed by atoms with Crippen molar-refractivity contribution in [3.05, 3.63) is 62.9 Å². The quantitative estimate of drug-likeness (QED) is 0.528. The van der Waals surface area contributed by atoms with E-state index in [0.717, 1.165) is 21.3 Å². The molecule has 0 atom stereocenters. The number of phenolic OH excluding ortho intramolecular Hbond substituents is 1. The van der Waals surface area contributed by atoms with Gasteiger partial charge in [0.05, 0.1) is 17.9 Å². The normalized spacial score (nSPS) is 11.2. The van der Waals surface area contributed by atoms with Gasteiger partial charge < -0.3 is 9.84 Å². The molecule has 0 aliphatic heterocycles. The zero-order valence-electron chi connectivity index (χ0n) is 13.9. The van der Waals surface area contributed by atoms with Crippen molar-refractivity contribution in [1.29, 1.82) is 5.26 Å². The molecular weight excluding hydrogens is 412 g/mol. The third-order valence-electron chi connectivity index (χ3n) is 3.59. The number of hydrogen-bond donors (Lipinski definition) is 1. The van der Waals surface area contributed by atoms with Crippen molar-refractivity contribution >= 4 is 38.9 Å². The van der Waals surface area contributed by atoms with Crippen LogP contribution in [0.1, 0.15) is 17.5 Å². The van der Waals surface area contributed by atoms with E-state index in [9.17, 15) is 10.4 Å². The summed E-state index contributed by atoms with van der Waals surface area (Å²) in [4.78, 5) is 4.59. The first-order chi connectivity index (χ1) is 12.6. The van der Waals surface area contributed by atoms with Crippen LogP contribution in [0.2, 0.25) is 0 Å². The number of halogens is 1. The van der Waals surface area contributed by atoms with Crippen molar-refractivity contribution in [3.8, 4) is 28.8 Å². The molecule has 1 heterocycles. The van der Waals surface area contributed by atoms with Gasteiger partial charge in [-0.05, 0) is 42.8 Å². The summed E-state index contributed by atoms with van der Waals surface area (Å²) in [6, 6.07) is 15.1. The summed E-state index contributed by atoms with van der Waals surface area (Å²) in [5, 5.41) is 21.9. The number of hydrogen-bond acceptors (Lipinski definition) is 5. The van der Waals surface area contributed by atoms with Gasteiger partial charge in [-0.25, -0.2) is 4.98 Å². The molecule has 1 aromatic heterocycles. The minimum Gasteiger partial charge on any atom is -0.504 e. The maximum absolute atomic E-state index is 9.80. The Morgan fingerprint density at radius 2 is 2.08 bits per heavy atom. The average Bonchev–Trinajstić information content (AvgIpc) is 3.13. The standard InChI is InChI=1S/C20H15BrN2O2S/c1-2-25-19-10-13(3-8-18(19)24)9-15(11-22)20-23-17(12-26-20)14-4-6-16(21)7-5-14/h3-10,12,24H,2H2,1H3. The number of aromatic hydroxyl groups is 1. The van der Waals surface area contributed by atoms with Crippen LogP contribution in [0.4, 0.5) is 0 Å². The highest BCUT2D eigenvalue weighted by molar-refractivity contribution is 9.10. The van der Waals surface area contributed by atoms with Crippen molar-refractivity contribution in [2.45, 2.75) is 6.92 Å². The Morgan fingerprint density at radius 1 is 1.31 bits per heavy atom. The highest BCUT2D eigenvalue weighted by Gasteiger charge is 2.10. The molecule has 1 N–H and O–H groups in total. The van der Waals surface area contributed by atoms with Crippen LogP contribution >= 0.6 is 27.3 Å². The van der Waals surface area contributed by atoms with Crippen LogP contribution in [-0.4, -0.2) is 16.7 Å². The molecule has 4 nitrogen and oxygen atoms in total. The smallest absolute Gasteiger partial charge is 0.161 e. The molecule has 0 fully saturated rings. The Balaban J connectivity index is 1.92. The Kier molecular flexibility index (Phi) is 5.71. The molecule has 130 valence electrons. The molecule has 0 aliphatic rings. The number of nitriles is 1. The Morgan fingerprint density at radius 3 is 2.77 bits per heavy atom.